The van der Waals surface area contributed by atoms with Gasteiger partial charge in [0.25, 0.3) is 0 Å². The fraction of sp³-hybridized carbons (Fsp3) is 0.364. The van der Waals surface area contributed by atoms with Crippen LogP contribution < -0.4 is 9.80 Å². The second kappa shape index (κ2) is 10.5. The summed E-state index contributed by atoms with van der Waals surface area (Å²) in [7, 11) is 1.39. The molecular formula is C33H36N4O3. The zero-order valence-corrected chi connectivity index (χ0v) is 23.5. The van der Waals surface area contributed by atoms with Crippen molar-refractivity contribution in [2.24, 2.45) is 0 Å². The van der Waals surface area contributed by atoms with E-state index in [1.165, 1.54) is 12.7 Å². The Morgan fingerprint density at radius 2 is 1.85 bits per heavy atom. The first-order valence-corrected chi connectivity index (χ1v) is 14.3. The van der Waals surface area contributed by atoms with Gasteiger partial charge in [-0.25, -0.2) is 9.78 Å². The Morgan fingerprint density at radius 3 is 2.62 bits per heavy atom. The first kappa shape index (κ1) is 26.1. The maximum absolute atomic E-state index is 13.3. The first-order valence-electron chi connectivity index (χ1n) is 14.3. The van der Waals surface area contributed by atoms with Crippen molar-refractivity contribution in [2.75, 3.05) is 23.5 Å². The second-order valence-corrected chi connectivity index (χ2v) is 11.0. The Morgan fingerprint density at radius 1 is 1.02 bits per heavy atom. The van der Waals surface area contributed by atoms with Crippen molar-refractivity contribution in [3.63, 3.8) is 0 Å². The van der Waals surface area contributed by atoms with Crippen LogP contribution in [0.1, 0.15) is 61.9 Å². The number of aromatic nitrogens is 2. The Bertz CT molecular complexity index is 1580. The van der Waals surface area contributed by atoms with Crippen molar-refractivity contribution in [3.05, 3.63) is 77.9 Å². The first-order chi connectivity index (χ1) is 19.4. The smallest absolute Gasteiger partial charge is 0.337 e. The van der Waals surface area contributed by atoms with E-state index in [1.807, 2.05) is 17.0 Å². The van der Waals surface area contributed by atoms with Crippen LogP contribution in [0.3, 0.4) is 0 Å². The number of benzene rings is 3. The third-order valence-corrected chi connectivity index (χ3v) is 8.49. The molecule has 7 heteroatoms. The molecule has 7 nitrogen and oxygen atoms in total. The lowest BCUT2D eigenvalue weighted by molar-refractivity contribution is -0.121. The number of hydrogen-bond donors (Lipinski definition) is 0. The van der Waals surface area contributed by atoms with Gasteiger partial charge in [0.2, 0.25) is 5.91 Å². The normalized spacial score (nSPS) is 18.2. The minimum absolute atomic E-state index is 0.187. The van der Waals surface area contributed by atoms with E-state index in [0.29, 0.717) is 12.0 Å². The number of unbranched alkanes of at least 4 members (excludes halogenated alkanes) is 1. The van der Waals surface area contributed by atoms with Crippen molar-refractivity contribution in [2.45, 2.75) is 64.6 Å². The van der Waals surface area contributed by atoms with Crippen molar-refractivity contribution in [1.82, 2.24) is 9.55 Å². The summed E-state index contributed by atoms with van der Waals surface area (Å²) in [6.45, 7) is 6.07. The number of esters is 1. The molecule has 3 heterocycles. The fourth-order valence-corrected chi connectivity index (χ4v) is 6.43. The summed E-state index contributed by atoms with van der Waals surface area (Å²) < 4.78 is 7.18. The average Bonchev–Trinajstić information content (AvgIpc) is 3.46. The molecule has 206 valence electrons. The number of nitrogens with zero attached hydrogens (tertiary/aromatic N) is 4. The molecule has 1 saturated heterocycles. The summed E-state index contributed by atoms with van der Waals surface area (Å²) in [5, 5.41) is 0. The molecule has 0 N–H and O–H groups in total. The molecule has 0 saturated carbocycles. The third kappa shape index (κ3) is 4.34. The van der Waals surface area contributed by atoms with Crippen LogP contribution in [0, 0.1) is 0 Å². The highest BCUT2D eigenvalue weighted by Crippen LogP contribution is 2.50. The molecule has 1 unspecified atom stereocenters. The van der Waals surface area contributed by atoms with Crippen LogP contribution in [-0.2, 0) is 22.5 Å². The van der Waals surface area contributed by atoms with E-state index in [2.05, 4.69) is 65.8 Å². The zero-order valence-electron chi connectivity index (χ0n) is 23.5. The molecule has 1 aromatic heterocycles. The van der Waals surface area contributed by atoms with Crippen molar-refractivity contribution >= 4 is 34.3 Å². The topological polar surface area (TPSA) is 67.7 Å². The summed E-state index contributed by atoms with van der Waals surface area (Å²) in [6.07, 6.45) is 5.47. The van der Waals surface area contributed by atoms with Crippen molar-refractivity contribution < 1.29 is 14.3 Å². The van der Waals surface area contributed by atoms with E-state index in [4.69, 9.17) is 9.72 Å². The molecule has 1 atom stereocenters. The summed E-state index contributed by atoms with van der Waals surface area (Å²) in [6, 6.07) is 22.4. The second-order valence-electron chi connectivity index (χ2n) is 11.0. The molecule has 0 bridgehead atoms. The van der Waals surface area contributed by atoms with Gasteiger partial charge in [-0.15, -0.1) is 0 Å². The Kier molecular flexibility index (Phi) is 6.82. The van der Waals surface area contributed by atoms with E-state index in [1.54, 1.807) is 12.1 Å². The largest absolute Gasteiger partial charge is 0.465 e. The number of ether oxygens (including phenoxy) is 1. The van der Waals surface area contributed by atoms with Crippen LogP contribution in [0.4, 0.5) is 11.4 Å². The minimum atomic E-state index is -0.380. The quantitative estimate of drug-likeness (QED) is 0.238. The molecule has 6 rings (SSSR count). The standard InChI is InChI=1S/C33H36N4O3/c1-4-5-19-36-28-16-13-24(22-29(28)37-30(38)12-9-18-33(36,37)2)31-34-26-21-25(32(39)40-3)14-15-27(26)35(31)20-17-23-10-7-6-8-11-23/h6-8,10-11,13-16,21-22H,4-5,9,12,17-20H2,1-3H3. The van der Waals surface area contributed by atoms with Crippen LogP contribution in [0.2, 0.25) is 0 Å². The molecule has 2 aliphatic heterocycles. The molecular weight excluding hydrogens is 500 g/mol. The molecule has 0 radical (unpaired) electrons. The molecule has 0 spiro atoms. The summed E-state index contributed by atoms with van der Waals surface area (Å²) in [5.74, 6) is 0.634. The van der Waals surface area contributed by atoms with Crippen LogP contribution in [0.15, 0.2) is 66.7 Å². The van der Waals surface area contributed by atoms with Gasteiger partial charge in [0.05, 0.1) is 35.1 Å². The average molecular weight is 537 g/mol. The van der Waals surface area contributed by atoms with Gasteiger partial charge in [-0.2, -0.15) is 0 Å². The van der Waals surface area contributed by atoms with E-state index < -0.39 is 0 Å². The highest BCUT2D eigenvalue weighted by Gasteiger charge is 2.50. The predicted molar refractivity (Wildman–Crippen MR) is 159 cm³/mol. The van der Waals surface area contributed by atoms with Crippen molar-refractivity contribution in [1.29, 1.82) is 0 Å². The lowest BCUT2D eigenvalue weighted by atomic mass is 9.96. The molecule has 2 aliphatic rings. The van der Waals surface area contributed by atoms with Gasteiger partial charge in [-0.1, -0.05) is 43.7 Å². The maximum atomic E-state index is 13.3. The van der Waals surface area contributed by atoms with E-state index in [9.17, 15) is 9.59 Å². The lowest BCUT2D eigenvalue weighted by Crippen LogP contribution is -2.59. The minimum Gasteiger partial charge on any atom is -0.465 e. The number of amides is 1. The van der Waals surface area contributed by atoms with Gasteiger partial charge >= 0.3 is 5.97 Å². The fourth-order valence-electron chi connectivity index (χ4n) is 6.43. The van der Waals surface area contributed by atoms with Crippen LogP contribution in [0.25, 0.3) is 22.4 Å². The number of carbonyl (C=O) groups excluding carboxylic acids is 2. The van der Waals surface area contributed by atoms with Crippen LogP contribution in [0.5, 0.6) is 0 Å². The number of carbonyl (C=O) groups is 2. The van der Waals surface area contributed by atoms with Gasteiger partial charge in [0, 0.05) is 25.1 Å². The van der Waals surface area contributed by atoms with E-state index in [0.717, 1.165) is 79.0 Å². The van der Waals surface area contributed by atoms with E-state index >= 15 is 0 Å². The highest BCUT2D eigenvalue weighted by atomic mass is 16.5. The summed E-state index contributed by atoms with van der Waals surface area (Å²) >= 11 is 0. The lowest BCUT2D eigenvalue weighted by Gasteiger charge is -2.45. The number of hydrogen-bond acceptors (Lipinski definition) is 5. The third-order valence-electron chi connectivity index (χ3n) is 8.49. The number of imidazole rings is 1. The van der Waals surface area contributed by atoms with E-state index in [-0.39, 0.29) is 17.5 Å². The summed E-state index contributed by atoms with van der Waals surface area (Å²) in [4.78, 5) is 35.1. The van der Waals surface area contributed by atoms with Crippen LogP contribution in [-0.4, -0.2) is 40.7 Å². The monoisotopic (exact) mass is 536 g/mol. The number of fused-ring (bicyclic) bond motifs is 4. The summed E-state index contributed by atoms with van der Waals surface area (Å²) in [5.41, 5.74) is 6.14. The molecule has 1 amide bonds. The molecule has 0 aliphatic carbocycles. The predicted octanol–water partition coefficient (Wildman–Crippen LogP) is 6.59. The number of piperidine rings is 1. The van der Waals surface area contributed by atoms with Crippen molar-refractivity contribution in [3.8, 4) is 11.4 Å². The molecule has 40 heavy (non-hydrogen) atoms. The Balaban J connectivity index is 1.47. The van der Waals surface area contributed by atoms with Gasteiger partial charge in [0.1, 0.15) is 11.5 Å². The zero-order chi connectivity index (χ0) is 27.9. The van der Waals surface area contributed by atoms with Gasteiger partial charge in [-0.3, -0.25) is 9.69 Å². The Labute approximate surface area is 235 Å². The highest BCUT2D eigenvalue weighted by molar-refractivity contribution is 6.03. The SMILES string of the molecule is CCCCN1c2ccc(-c3nc4cc(C(=O)OC)ccc4n3CCc3ccccc3)cc2N2C(=O)CCCC12C. The van der Waals surface area contributed by atoms with Gasteiger partial charge in [-0.05, 0) is 74.6 Å². The van der Waals surface area contributed by atoms with Gasteiger partial charge < -0.3 is 14.2 Å². The Hall–Kier alpha value is -4.13. The number of methoxy groups -OCH3 is 1. The molecule has 4 aromatic rings. The molecule has 1 fully saturated rings. The van der Waals surface area contributed by atoms with Gasteiger partial charge in [0.15, 0.2) is 0 Å². The number of rotatable bonds is 8. The number of anilines is 2. The number of aryl methyl sites for hydroxylation is 2. The maximum Gasteiger partial charge on any atom is 0.337 e. The molecule has 3 aromatic carbocycles. The van der Waals surface area contributed by atoms with Crippen LogP contribution >= 0.6 is 0 Å².